The smallest absolute Gasteiger partial charge is 0.159 e. The Morgan fingerprint density at radius 1 is 1.50 bits per heavy atom. The first-order valence-corrected chi connectivity index (χ1v) is 6.38. The number of nitrogens with zero attached hydrogens (tertiary/aromatic N) is 1. The molecule has 0 N–H and O–H groups in total. The summed E-state index contributed by atoms with van der Waals surface area (Å²) in [5.74, 6) is 0.419. The summed E-state index contributed by atoms with van der Waals surface area (Å²) in [6, 6.07) is 0. The molecular formula is C7H9NO2S2. The molecule has 0 spiro atoms. The van der Waals surface area contributed by atoms with Crippen molar-refractivity contribution in [1.82, 2.24) is 4.37 Å². The molecule has 0 aliphatic carbocycles. The van der Waals surface area contributed by atoms with Crippen LogP contribution in [0.3, 0.4) is 0 Å². The highest BCUT2D eigenvalue weighted by atomic mass is 32.2. The summed E-state index contributed by atoms with van der Waals surface area (Å²) in [6.07, 6.45) is 0.835. The van der Waals surface area contributed by atoms with Gasteiger partial charge in [-0.1, -0.05) is 6.92 Å². The fourth-order valence-electron chi connectivity index (χ4n) is 1.41. The van der Waals surface area contributed by atoms with Crippen LogP contribution in [0.1, 0.15) is 23.1 Å². The van der Waals surface area contributed by atoms with E-state index in [1.54, 1.807) is 0 Å². The molecule has 1 aliphatic rings. The van der Waals surface area contributed by atoms with Crippen molar-refractivity contribution < 1.29 is 8.42 Å². The van der Waals surface area contributed by atoms with Gasteiger partial charge < -0.3 is 0 Å². The summed E-state index contributed by atoms with van der Waals surface area (Å²) in [5.41, 5.74) is 1.94. The van der Waals surface area contributed by atoms with Crippen LogP contribution in [0.15, 0.2) is 0 Å². The van der Waals surface area contributed by atoms with E-state index in [1.165, 1.54) is 11.5 Å². The van der Waals surface area contributed by atoms with Crippen LogP contribution in [0.5, 0.6) is 0 Å². The predicted octanol–water partition coefficient (Wildman–Crippen LogP) is 1.13. The average molecular weight is 203 g/mol. The summed E-state index contributed by atoms with van der Waals surface area (Å²) in [6.45, 7) is 2.00. The average Bonchev–Trinajstić information content (AvgIpc) is 2.42. The van der Waals surface area contributed by atoms with E-state index in [-0.39, 0.29) is 11.5 Å². The fraction of sp³-hybridized carbons (Fsp3) is 0.571. The van der Waals surface area contributed by atoms with Crippen molar-refractivity contribution in [1.29, 1.82) is 0 Å². The van der Waals surface area contributed by atoms with Crippen LogP contribution in [0.4, 0.5) is 0 Å². The van der Waals surface area contributed by atoms with Gasteiger partial charge in [0.2, 0.25) is 0 Å². The van der Waals surface area contributed by atoms with Gasteiger partial charge in [0.05, 0.1) is 17.2 Å². The molecule has 0 aromatic carbocycles. The molecule has 0 bridgehead atoms. The first kappa shape index (κ1) is 8.19. The van der Waals surface area contributed by atoms with Crippen LogP contribution in [-0.4, -0.2) is 12.8 Å². The second-order valence-electron chi connectivity index (χ2n) is 2.92. The summed E-state index contributed by atoms with van der Waals surface area (Å²) in [7, 11) is -2.82. The number of sulfone groups is 1. The van der Waals surface area contributed by atoms with Gasteiger partial charge in [-0.05, 0) is 18.0 Å². The zero-order valence-corrected chi connectivity index (χ0v) is 8.33. The molecule has 2 heterocycles. The molecular weight excluding hydrogens is 194 g/mol. The molecule has 3 nitrogen and oxygen atoms in total. The molecule has 66 valence electrons. The Kier molecular flexibility index (Phi) is 1.73. The van der Waals surface area contributed by atoms with E-state index in [0.29, 0.717) is 0 Å². The number of aromatic nitrogens is 1. The fourth-order valence-corrected chi connectivity index (χ4v) is 4.46. The van der Waals surface area contributed by atoms with E-state index in [0.717, 1.165) is 22.6 Å². The van der Waals surface area contributed by atoms with Crippen LogP contribution in [0.2, 0.25) is 0 Å². The van der Waals surface area contributed by atoms with E-state index >= 15 is 0 Å². The SMILES string of the molecule is CCc1nsc2c1CS(=O)(=O)C2. The number of fused-ring (bicyclic) bond motifs is 1. The maximum absolute atomic E-state index is 11.2. The zero-order chi connectivity index (χ0) is 8.77. The highest BCUT2D eigenvalue weighted by molar-refractivity contribution is 7.90. The summed E-state index contributed by atoms with van der Waals surface area (Å²) in [4.78, 5) is 0.951. The van der Waals surface area contributed by atoms with Crippen molar-refractivity contribution >= 4 is 21.4 Å². The Balaban J connectivity index is 2.50. The van der Waals surface area contributed by atoms with E-state index in [4.69, 9.17) is 0 Å². The first-order chi connectivity index (χ1) is 5.62. The van der Waals surface area contributed by atoms with Gasteiger partial charge in [-0.15, -0.1) is 0 Å². The van der Waals surface area contributed by atoms with E-state index in [2.05, 4.69) is 4.37 Å². The molecule has 0 unspecified atom stereocenters. The Labute approximate surface area is 75.5 Å². The second-order valence-corrected chi connectivity index (χ2v) is 5.84. The molecule has 0 saturated heterocycles. The molecule has 1 aromatic heterocycles. The monoisotopic (exact) mass is 203 g/mol. The van der Waals surface area contributed by atoms with Gasteiger partial charge in [-0.3, -0.25) is 0 Å². The van der Waals surface area contributed by atoms with Gasteiger partial charge in [0.25, 0.3) is 0 Å². The Bertz CT molecular complexity index is 405. The maximum Gasteiger partial charge on any atom is 0.159 e. The lowest BCUT2D eigenvalue weighted by Gasteiger charge is -1.91. The molecule has 0 radical (unpaired) electrons. The second kappa shape index (κ2) is 2.53. The standard InChI is InChI=1S/C7H9NO2S2/c1-2-6-5-3-12(9,10)4-7(5)11-8-6/h2-4H2,1H3. The van der Waals surface area contributed by atoms with Gasteiger partial charge in [-0.2, -0.15) is 4.37 Å². The van der Waals surface area contributed by atoms with E-state index < -0.39 is 9.84 Å². The first-order valence-electron chi connectivity index (χ1n) is 3.79. The Morgan fingerprint density at radius 3 is 2.92 bits per heavy atom. The highest BCUT2D eigenvalue weighted by Crippen LogP contribution is 2.30. The Hall–Kier alpha value is -0.420. The lowest BCUT2D eigenvalue weighted by Crippen LogP contribution is -1.97. The van der Waals surface area contributed by atoms with Gasteiger partial charge in [0, 0.05) is 10.4 Å². The minimum atomic E-state index is -2.82. The van der Waals surface area contributed by atoms with E-state index in [9.17, 15) is 8.42 Å². The van der Waals surface area contributed by atoms with E-state index in [1.807, 2.05) is 6.92 Å². The third-order valence-corrected chi connectivity index (χ3v) is 4.56. The molecule has 12 heavy (non-hydrogen) atoms. The number of hydrogen-bond acceptors (Lipinski definition) is 4. The third-order valence-electron chi connectivity index (χ3n) is 2.00. The van der Waals surface area contributed by atoms with Crippen LogP contribution in [0.25, 0.3) is 0 Å². The number of aryl methyl sites for hydroxylation is 1. The van der Waals surface area contributed by atoms with Crippen LogP contribution in [0, 0.1) is 0 Å². The number of rotatable bonds is 1. The predicted molar refractivity (Wildman–Crippen MR) is 47.8 cm³/mol. The number of hydrogen-bond donors (Lipinski definition) is 0. The summed E-state index contributed by atoms with van der Waals surface area (Å²) < 4.78 is 26.6. The van der Waals surface area contributed by atoms with Gasteiger partial charge >= 0.3 is 0 Å². The molecule has 1 aliphatic heterocycles. The normalized spacial score (nSPS) is 19.4. The largest absolute Gasteiger partial charge is 0.228 e. The molecule has 0 atom stereocenters. The van der Waals surface area contributed by atoms with Gasteiger partial charge in [0.15, 0.2) is 9.84 Å². The molecule has 0 fully saturated rings. The van der Waals surface area contributed by atoms with Crippen molar-refractivity contribution in [3.05, 3.63) is 16.1 Å². The van der Waals surface area contributed by atoms with Crippen molar-refractivity contribution in [2.75, 3.05) is 0 Å². The van der Waals surface area contributed by atoms with Crippen LogP contribution in [-0.2, 0) is 27.8 Å². The van der Waals surface area contributed by atoms with Gasteiger partial charge in [0.1, 0.15) is 0 Å². The zero-order valence-electron chi connectivity index (χ0n) is 6.70. The summed E-state index contributed by atoms with van der Waals surface area (Å²) in [5, 5.41) is 0. The van der Waals surface area contributed by atoms with Crippen molar-refractivity contribution in [2.24, 2.45) is 0 Å². The molecule has 2 rings (SSSR count). The minimum absolute atomic E-state index is 0.208. The summed E-state index contributed by atoms with van der Waals surface area (Å²) >= 11 is 1.34. The van der Waals surface area contributed by atoms with Crippen LogP contribution >= 0.6 is 11.5 Å². The highest BCUT2D eigenvalue weighted by Gasteiger charge is 2.29. The minimum Gasteiger partial charge on any atom is -0.228 e. The van der Waals surface area contributed by atoms with Crippen LogP contribution < -0.4 is 0 Å². The van der Waals surface area contributed by atoms with Crippen molar-refractivity contribution in [2.45, 2.75) is 24.9 Å². The lowest BCUT2D eigenvalue weighted by atomic mass is 10.2. The maximum atomic E-state index is 11.2. The van der Waals surface area contributed by atoms with Crippen molar-refractivity contribution in [3.8, 4) is 0 Å². The topological polar surface area (TPSA) is 47.0 Å². The van der Waals surface area contributed by atoms with Gasteiger partial charge in [-0.25, -0.2) is 8.42 Å². The lowest BCUT2D eigenvalue weighted by molar-refractivity contribution is 0.598. The molecule has 0 saturated carbocycles. The molecule has 1 aromatic rings. The molecule has 5 heteroatoms. The third kappa shape index (κ3) is 1.17. The Morgan fingerprint density at radius 2 is 2.25 bits per heavy atom. The quantitative estimate of drug-likeness (QED) is 0.687. The van der Waals surface area contributed by atoms with Crippen molar-refractivity contribution in [3.63, 3.8) is 0 Å². The molecule has 0 amide bonds.